The van der Waals surface area contributed by atoms with E-state index in [1.54, 1.807) is 4.90 Å². The number of carbonyl (C=O) groups excluding carboxylic acids is 1. The third kappa shape index (κ3) is 4.91. The Bertz CT molecular complexity index is 722. The molecular formula is C19H22FN3O3. The maximum Gasteiger partial charge on any atom is 0.316 e. The fraction of sp³-hybridized carbons (Fsp3) is 0.421. The number of nitrogens with zero attached hydrogens (tertiary/aromatic N) is 3. The number of aromatic nitrogens is 2. The van der Waals surface area contributed by atoms with Crippen molar-refractivity contribution < 1.29 is 18.7 Å². The van der Waals surface area contributed by atoms with Crippen LogP contribution in [0, 0.1) is 5.82 Å². The number of amides is 1. The van der Waals surface area contributed by atoms with Gasteiger partial charge in [0.2, 0.25) is 5.91 Å². The van der Waals surface area contributed by atoms with Gasteiger partial charge in [0.15, 0.2) is 5.82 Å². The van der Waals surface area contributed by atoms with E-state index in [2.05, 4.69) is 9.97 Å². The first-order valence-electron chi connectivity index (χ1n) is 8.77. The molecule has 1 aliphatic heterocycles. The summed E-state index contributed by atoms with van der Waals surface area (Å²) in [5.74, 6) is 0.352. The van der Waals surface area contributed by atoms with Crippen molar-refractivity contribution in [2.24, 2.45) is 0 Å². The SMILES string of the molecule is CCOc1ccc(CC(=O)N2CCCC(Oc3ncc(F)cn3)C2)cc1. The lowest BCUT2D eigenvalue weighted by molar-refractivity contribution is -0.133. The summed E-state index contributed by atoms with van der Waals surface area (Å²) >= 11 is 0. The number of halogens is 1. The molecule has 1 fully saturated rings. The van der Waals surface area contributed by atoms with Gasteiger partial charge in [-0.1, -0.05) is 12.1 Å². The van der Waals surface area contributed by atoms with Crippen molar-refractivity contribution >= 4 is 5.91 Å². The van der Waals surface area contributed by atoms with E-state index in [0.29, 0.717) is 26.1 Å². The van der Waals surface area contributed by atoms with Gasteiger partial charge >= 0.3 is 6.01 Å². The van der Waals surface area contributed by atoms with Crippen molar-refractivity contribution in [2.45, 2.75) is 32.3 Å². The van der Waals surface area contributed by atoms with Crippen molar-refractivity contribution in [3.05, 3.63) is 48.0 Å². The van der Waals surface area contributed by atoms with Crippen LogP contribution in [-0.4, -0.2) is 46.6 Å². The lowest BCUT2D eigenvalue weighted by Crippen LogP contribution is -2.45. The van der Waals surface area contributed by atoms with Crippen LogP contribution >= 0.6 is 0 Å². The Balaban J connectivity index is 1.54. The van der Waals surface area contributed by atoms with Crippen LogP contribution in [0.4, 0.5) is 4.39 Å². The molecule has 0 radical (unpaired) electrons. The molecule has 0 saturated carbocycles. The Morgan fingerprint density at radius 2 is 2.00 bits per heavy atom. The molecule has 138 valence electrons. The molecule has 1 aromatic carbocycles. The highest BCUT2D eigenvalue weighted by atomic mass is 19.1. The summed E-state index contributed by atoms with van der Waals surface area (Å²) in [5.41, 5.74) is 0.948. The van der Waals surface area contributed by atoms with Crippen LogP contribution in [0.1, 0.15) is 25.3 Å². The van der Waals surface area contributed by atoms with Gasteiger partial charge in [-0.2, -0.15) is 0 Å². The highest BCUT2D eigenvalue weighted by Crippen LogP contribution is 2.18. The van der Waals surface area contributed by atoms with Gasteiger partial charge in [-0.05, 0) is 37.5 Å². The smallest absolute Gasteiger partial charge is 0.316 e. The van der Waals surface area contributed by atoms with E-state index in [0.717, 1.165) is 36.5 Å². The number of likely N-dealkylation sites (tertiary alicyclic amines) is 1. The number of ether oxygens (including phenoxy) is 2. The third-order valence-electron chi connectivity index (χ3n) is 4.19. The van der Waals surface area contributed by atoms with Crippen LogP contribution in [0.15, 0.2) is 36.7 Å². The summed E-state index contributed by atoms with van der Waals surface area (Å²) in [5, 5.41) is 0. The van der Waals surface area contributed by atoms with Crippen molar-refractivity contribution in [2.75, 3.05) is 19.7 Å². The first-order valence-corrected chi connectivity index (χ1v) is 8.77. The molecule has 2 aromatic rings. The summed E-state index contributed by atoms with van der Waals surface area (Å²) in [4.78, 5) is 22.0. The van der Waals surface area contributed by atoms with Crippen molar-refractivity contribution in [3.8, 4) is 11.8 Å². The van der Waals surface area contributed by atoms with Gasteiger partial charge < -0.3 is 14.4 Å². The molecule has 0 spiro atoms. The molecule has 3 rings (SSSR count). The second-order valence-electron chi connectivity index (χ2n) is 6.16. The monoisotopic (exact) mass is 359 g/mol. The second kappa shape index (κ2) is 8.60. The van der Waals surface area contributed by atoms with Gasteiger partial charge in [-0.25, -0.2) is 14.4 Å². The Morgan fingerprint density at radius 3 is 2.69 bits per heavy atom. The molecule has 1 aliphatic rings. The predicted molar refractivity (Wildman–Crippen MR) is 93.5 cm³/mol. The zero-order valence-electron chi connectivity index (χ0n) is 14.7. The Morgan fingerprint density at radius 1 is 1.27 bits per heavy atom. The molecular weight excluding hydrogens is 337 g/mol. The van der Waals surface area contributed by atoms with Gasteiger partial charge in [-0.3, -0.25) is 4.79 Å². The molecule has 1 aromatic heterocycles. The molecule has 1 unspecified atom stereocenters. The number of hydrogen-bond acceptors (Lipinski definition) is 5. The molecule has 7 heteroatoms. The van der Waals surface area contributed by atoms with Crippen LogP contribution in [0.3, 0.4) is 0 Å². The summed E-state index contributed by atoms with van der Waals surface area (Å²) < 4.78 is 24.0. The van der Waals surface area contributed by atoms with Crippen LogP contribution in [-0.2, 0) is 11.2 Å². The summed E-state index contributed by atoms with van der Waals surface area (Å²) in [6.45, 7) is 3.74. The van der Waals surface area contributed by atoms with Gasteiger partial charge in [-0.15, -0.1) is 0 Å². The summed E-state index contributed by atoms with van der Waals surface area (Å²) in [7, 11) is 0. The largest absolute Gasteiger partial charge is 0.494 e. The van der Waals surface area contributed by atoms with E-state index in [-0.39, 0.29) is 18.0 Å². The van der Waals surface area contributed by atoms with Gasteiger partial charge in [0.1, 0.15) is 11.9 Å². The Kier molecular flexibility index (Phi) is 5.99. The maximum atomic E-state index is 12.9. The fourth-order valence-electron chi connectivity index (χ4n) is 2.93. The van der Waals surface area contributed by atoms with Crippen molar-refractivity contribution in [1.29, 1.82) is 0 Å². The molecule has 0 bridgehead atoms. The Labute approximate surface area is 152 Å². The Hall–Kier alpha value is -2.70. The highest BCUT2D eigenvalue weighted by Gasteiger charge is 2.25. The predicted octanol–water partition coefficient (Wildman–Crippen LogP) is 2.63. The van der Waals surface area contributed by atoms with Gasteiger partial charge in [0, 0.05) is 6.54 Å². The molecule has 1 saturated heterocycles. The summed E-state index contributed by atoms with van der Waals surface area (Å²) in [6.07, 6.45) is 3.96. The molecule has 2 heterocycles. The van der Waals surface area contributed by atoms with Crippen molar-refractivity contribution in [1.82, 2.24) is 14.9 Å². The lowest BCUT2D eigenvalue weighted by Gasteiger charge is -2.32. The molecule has 1 amide bonds. The zero-order chi connectivity index (χ0) is 18.4. The van der Waals surface area contributed by atoms with Gasteiger partial charge in [0.05, 0.1) is 32.0 Å². The zero-order valence-corrected chi connectivity index (χ0v) is 14.7. The number of hydrogen-bond donors (Lipinski definition) is 0. The van der Waals surface area contributed by atoms with E-state index in [4.69, 9.17) is 9.47 Å². The fourth-order valence-corrected chi connectivity index (χ4v) is 2.93. The minimum Gasteiger partial charge on any atom is -0.494 e. The van der Waals surface area contributed by atoms with E-state index in [1.165, 1.54) is 0 Å². The van der Waals surface area contributed by atoms with Crippen LogP contribution in [0.5, 0.6) is 11.8 Å². The second-order valence-corrected chi connectivity index (χ2v) is 6.16. The highest BCUT2D eigenvalue weighted by molar-refractivity contribution is 5.79. The standard InChI is InChI=1S/C19H22FN3O3/c1-2-25-16-7-5-14(6-8-16)10-18(24)23-9-3-4-17(13-23)26-19-21-11-15(20)12-22-19/h5-8,11-12,17H,2-4,9-10,13H2,1H3. The number of carbonyl (C=O) groups is 1. The van der Waals surface area contributed by atoms with Gasteiger partial charge in [0.25, 0.3) is 0 Å². The molecule has 0 N–H and O–H groups in total. The van der Waals surface area contributed by atoms with E-state index in [1.807, 2.05) is 31.2 Å². The van der Waals surface area contributed by atoms with E-state index >= 15 is 0 Å². The van der Waals surface area contributed by atoms with E-state index in [9.17, 15) is 9.18 Å². The third-order valence-corrected chi connectivity index (χ3v) is 4.19. The van der Waals surface area contributed by atoms with Crippen molar-refractivity contribution in [3.63, 3.8) is 0 Å². The summed E-state index contributed by atoms with van der Waals surface area (Å²) in [6, 6.07) is 7.71. The number of piperidine rings is 1. The minimum absolute atomic E-state index is 0.0579. The van der Waals surface area contributed by atoms with Crippen LogP contribution in [0.2, 0.25) is 0 Å². The van der Waals surface area contributed by atoms with Crippen LogP contribution < -0.4 is 9.47 Å². The maximum absolute atomic E-state index is 12.9. The normalized spacial score (nSPS) is 17.0. The topological polar surface area (TPSA) is 64.5 Å². The molecule has 0 aliphatic carbocycles. The first kappa shape index (κ1) is 18.1. The number of rotatable bonds is 6. The molecule has 6 nitrogen and oxygen atoms in total. The van der Waals surface area contributed by atoms with Crippen LogP contribution in [0.25, 0.3) is 0 Å². The number of benzene rings is 1. The average Bonchev–Trinajstić information content (AvgIpc) is 2.66. The molecule has 26 heavy (non-hydrogen) atoms. The average molecular weight is 359 g/mol. The molecule has 1 atom stereocenters. The first-order chi connectivity index (χ1) is 12.6. The minimum atomic E-state index is -0.506. The quantitative estimate of drug-likeness (QED) is 0.793. The van der Waals surface area contributed by atoms with E-state index < -0.39 is 5.82 Å². The lowest BCUT2D eigenvalue weighted by atomic mass is 10.1.